The van der Waals surface area contributed by atoms with E-state index < -0.39 is 11.9 Å². The lowest BCUT2D eigenvalue weighted by atomic mass is 9.98. The van der Waals surface area contributed by atoms with Crippen LogP contribution in [0.25, 0.3) is 5.57 Å². The molecule has 2 rings (SSSR count). The van der Waals surface area contributed by atoms with E-state index in [1.807, 2.05) is 0 Å². The predicted molar refractivity (Wildman–Crippen MR) is 77.0 cm³/mol. The highest BCUT2D eigenvalue weighted by atomic mass is 19.1. The first kappa shape index (κ1) is 15.2. The van der Waals surface area contributed by atoms with Gasteiger partial charge in [-0.05, 0) is 43.0 Å². The van der Waals surface area contributed by atoms with Gasteiger partial charge in [0.2, 0.25) is 5.91 Å². The number of piperidine rings is 1. The molecular formula is C16H18FNO3. The van der Waals surface area contributed by atoms with Crippen LogP contribution in [0, 0.1) is 11.7 Å². The van der Waals surface area contributed by atoms with Gasteiger partial charge in [0.25, 0.3) is 0 Å². The maximum Gasteiger partial charge on any atom is 0.308 e. The van der Waals surface area contributed by atoms with Crippen molar-refractivity contribution < 1.29 is 19.1 Å². The van der Waals surface area contributed by atoms with Crippen molar-refractivity contribution in [2.75, 3.05) is 13.1 Å². The molecule has 0 spiro atoms. The van der Waals surface area contributed by atoms with Crippen molar-refractivity contribution in [2.45, 2.75) is 19.8 Å². The first-order chi connectivity index (χ1) is 9.97. The molecule has 1 amide bonds. The molecular weight excluding hydrogens is 273 g/mol. The monoisotopic (exact) mass is 291 g/mol. The molecule has 1 aromatic carbocycles. The van der Waals surface area contributed by atoms with Gasteiger partial charge in [0.1, 0.15) is 5.82 Å². The summed E-state index contributed by atoms with van der Waals surface area (Å²) in [6, 6.07) is 6.04. The minimum atomic E-state index is -0.863. The molecule has 0 radical (unpaired) electrons. The molecule has 1 heterocycles. The van der Waals surface area contributed by atoms with Crippen LogP contribution in [0.4, 0.5) is 4.39 Å². The fourth-order valence-corrected chi connectivity index (χ4v) is 2.47. The lowest BCUT2D eigenvalue weighted by Crippen LogP contribution is -2.41. The molecule has 1 aliphatic rings. The molecule has 1 atom stereocenters. The zero-order chi connectivity index (χ0) is 15.4. The Morgan fingerprint density at radius 1 is 1.43 bits per heavy atom. The summed E-state index contributed by atoms with van der Waals surface area (Å²) in [5, 5.41) is 9.03. The van der Waals surface area contributed by atoms with E-state index in [1.54, 1.807) is 24.0 Å². The van der Waals surface area contributed by atoms with Crippen LogP contribution in [0.5, 0.6) is 0 Å². The van der Waals surface area contributed by atoms with Gasteiger partial charge in [-0.15, -0.1) is 0 Å². The lowest BCUT2D eigenvalue weighted by Gasteiger charge is -2.30. The Hall–Kier alpha value is -2.17. The summed E-state index contributed by atoms with van der Waals surface area (Å²) in [6.45, 7) is 2.54. The smallest absolute Gasteiger partial charge is 0.308 e. The highest BCUT2D eigenvalue weighted by Crippen LogP contribution is 2.19. The normalized spacial score (nSPS) is 19.4. The van der Waals surface area contributed by atoms with Crippen molar-refractivity contribution in [3.63, 3.8) is 0 Å². The quantitative estimate of drug-likeness (QED) is 0.871. The molecule has 1 fully saturated rings. The summed E-state index contributed by atoms with van der Waals surface area (Å²) < 4.78 is 13.2. The SMILES string of the molecule is C/C(=C/C(=O)N1CCCC(C(=O)O)C1)c1cccc(F)c1. The van der Waals surface area contributed by atoms with E-state index in [0.29, 0.717) is 30.5 Å². The van der Waals surface area contributed by atoms with Crippen LogP contribution in [0.1, 0.15) is 25.3 Å². The van der Waals surface area contributed by atoms with E-state index in [4.69, 9.17) is 5.11 Å². The summed E-state index contributed by atoms with van der Waals surface area (Å²) in [4.78, 5) is 24.8. The second kappa shape index (κ2) is 6.52. The van der Waals surface area contributed by atoms with E-state index >= 15 is 0 Å². The Bertz CT molecular complexity index is 583. The van der Waals surface area contributed by atoms with E-state index in [2.05, 4.69) is 0 Å². The summed E-state index contributed by atoms with van der Waals surface area (Å²) in [5.74, 6) is -1.93. The molecule has 1 aliphatic heterocycles. The topological polar surface area (TPSA) is 57.6 Å². The first-order valence-corrected chi connectivity index (χ1v) is 6.93. The number of rotatable bonds is 3. The number of hydrogen-bond donors (Lipinski definition) is 1. The Morgan fingerprint density at radius 2 is 2.19 bits per heavy atom. The Labute approximate surface area is 122 Å². The number of amides is 1. The zero-order valence-corrected chi connectivity index (χ0v) is 11.9. The number of allylic oxidation sites excluding steroid dienone is 1. The third kappa shape index (κ3) is 3.90. The number of carbonyl (C=O) groups is 2. The van der Waals surface area contributed by atoms with Crippen molar-refractivity contribution in [1.29, 1.82) is 0 Å². The summed E-state index contributed by atoms with van der Waals surface area (Å²) >= 11 is 0. The zero-order valence-electron chi connectivity index (χ0n) is 11.9. The van der Waals surface area contributed by atoms with Gasteiger partial charge in [0.15, 0.2) is 0 Å². The maximum absolute atomic E-state index is 13.2. The second-order valence-electron chi connectivity index (χ2n) is 5.30. The molecule has 4 nitrogen and oxygen atoms in total. The minimum Gasteiger partial charge on any atom is -0.481 e. The Balaban J connectivity index is 2.09. The van der Waals surface area contributed by atoms with Gasteiger partial charge in [-0.25, -0.2) is 4.39 Å². The molecule has 5 heteroatoms. The standard InChI is InChI=1S/C16H18FNO3/c1-11(12-4-2-6-14(17)9-12)8-15(19)18-7-3-5-13(10-18)16(20)21/h2,4,6,8-9,13H,3,5,7,10H2,1H3,(H,20,21)/b11-8-. The summed E-state index contributed by atoms with van der Waals surface area (Å²) in [6.07, 6.45) is 2.74. The van der Waals surface area contributed by atoms with Gasteiger partial charge >= 0.3 is 5.97 Å². The average Bonchev–Trinajstić information content (AvgIpc) is 2.47. The number of carbonyl (C=O) groups excluding carboxylic acids is 1. The van der Waals surface area contributed by atoms with Crippen LogP contribution in [0.3, 0.4) is 0 Å². The van der Waals surface area contributed by atoms with Gasteiger partial charge in [-0.3, -0.25) is 9.59 Å². The second-order valence-corrected chi connectivity index (χ2v) is 5.30. The number of hydrogen-bond acceptors (Lipinski definition) is 2. The molecule has 21 heavy (non-hydrogen) atoms. The van der Waals surface area contributed by atoms with Gasteiger partial charge in [0, 0.05) is 19.2 Å². The van der Waals surface area contributed by atoms with Crippen molar-refractivity contribution in [3.8, 4) is 0 Å². The highest BCUT2D eigenvalue weighted by molar-refractivity contribution is 5.95. The van der Waals surface area contributed by atoms with Crippen LogP contribution in [-0.4, -0.2) is 35.0 Å². The molecule has 1 N–H and O–H groups in total. The van der Waals surface area contributed by atoms with Crippen molar-refractivity contribution in [3.05, 3.63) is 41.7 Å². The van der Waals surface area contributed by atoms with E-state index in [0.717, 1.165) is 0 Å². The molecule has 0 aromatic heterocycles. The van der Waals surface area contributed by atoms with Crippen molar-refractivity contribution in [1.82, 2.24) is 4.90 Å². The highest BCUT2D eigenvalue weighted by Gasteiger charge is 2.27. The molecule has 1 saturated heterocycles. The predicted octanol–water partition coefficient (Wildman–Crippen LogP) is 2.55. The number of carboxylic acid groups (broad SMARTS) is 1. The van der Waals surface area contributed by atoms with Crippen LogP contribution >= 0.6 is 0 Å². The van der Waals surface area contributed by atoms with E-state index in [1.165, 1.54) is 18.2 Å². The summed E-state index contributed by atoms with van der Waals surface area (Å²) in [7, 11) is 0. The van der Waals surface area contributed by atoms with Crippen molar-refractivity contribution >= 4 is 17.4 Å². The van der Waals surface area contributed by atoms with E-state index in [9.17, 15) is 14.0 Å². The number of nitrogens with zero attached hydrogens (tertiary/aromatic N) is 1. The lowest BCUT2D eigenvalue weighted by molar-refractivity contribution is -0.144. The Kier molecular flexibility index (Phi) is 4.73. The maximum atomic E-state index is 13.2. The molecule has 0 bridgehead atoms. The molecule has 1 unspecified atom stereocenters. The average molecular weight is 291 g/mol. The third-order valence-electron chi connectivity index (χ3n) is 3.70. The molecule has 0 aliphatic carbocycles. The number of aliphatic carboxylic acids is 1. The minimum absolute atomic E-state index is 0.220. The largest absolute Gasteiger partial charge is 0.481 e. The van der Waals surface area contributed by atoms with Gasteiger partial charge in [0.05, 0.1) is 5.92 Å². The number of halogens is 1. The van der Waals surface area contributed by atoms with Crippen LogP contribution < -0.4 is 0 Å². The fraction of sp³-hybridized carbons (Fsp3) is 0.375. The number of carboxylic acids is 1. The van der Waals surface area contributed by atoms with Crippen molar-refractivity contribution in [2.24, 2.45) is 5.92 Å². The summed E-state index contributed by atoms with van der Waals surface area (Å²) in [5.41, 5.74) is 1.31. The van der Waals surface area contributed by atoms with Gasteiger partial charge in [-0.2, -0.15) is 0 Å². The van der Waals surface area contributed by atoms with Crippen LogP contribution in [0.2, 0.25) is 0 Å². The van der Waals surface area contributed by atoms with Crippen LogP contribution in [0.15, 0.2) is 30.3 Å². The molecule has 1 aromatic rings. The van der Waals surface area contributed by atoms with E-state index in [-0.39, 0.29) is 18.3 Å². The number of benzene rings is 1. The molecule has 0 saturated carbocycles. The Morgan fingerprint density at radius 3 is 2.86 bits per heavy atom. The fourth-order valence-electron chi connectivity index (χ4n) is 2.47. The van der Waals surface area contributed by atoms with Gasteiger partial charge < -0.3 is 10.0 Å². The number of likely N-dealkylation sites (tertiary alicyclic amines) is 1. The van der Waals surface area contributed by atoms with Crippen LogP contribution in [-0.2, 0) is 9.59 Å². The van der Waals surface area contributed by atoms with Gasteiger partial charge in [-0.1, -0.05) is 12.1 Å². The third-order valence-corrected chi connectivity index (χ3v) is 3.70. The first-order valence-electron chi connectivity index (χ1n) is 6.93. The molecule has 112 valence electrons.